The summed E-state index contributed by atoms with van der Waals surface area (Å²) in [5.41, 5.74) is 1.30. The molecular formula is C16H24BrNO2. The molecule has 2 rings (SSSR count). The molecule has 0 spiro atoms. The lowest BCUT2D eigenvalue weighted by atomic mass is 9.88. The first-order valence-electron chi connectivity index (χ1n) is 7.40. The minimum atomic E-state index is 0.343. The Morgan fingerprint density at radius 3 is 2.95 bits per heavy atom. The van der Waals surface area contributed by atoms with Crippen molar-refractivity contribution in [2.24, 2.45) is 5.92 Å². The number of benzene rings is 1. The van der Waals surface area contributed by atoms with Gasteiger partial charge < -0.3 is 14.8 Å². The smallest absolute Gasteiger partial charge is 0.120 e. The van der Waals surface area contributed by atoms with Crippen LogP contribution in [0.3, 0.4) is 0 Å². The van der Waals surface area contributed by atoms with Crippen LogP contribution in [-0.4, -0.2) is 26.9 Å². The third kappa shape index (κ3) is 3.96. The van der Waals surface area contributed by atoms with Gasteiger partial charge in [0.05, 0.1) is 13.7 Å². The first kappa shape index (κ1) is 15.8. The van der Waals surface area contributed by atoms with Gasteiger partial charge >= 0.3 is 0 Å². The Balaban J connectivity index is 2.20. The molecule has 1 aliphatic heterocycles. The summed E-state index contributed by atoms with van der Waals surface area (Å²) >= 11 is 3.69. The normalized spacial score (nSPS) is 20.6. The minimum absolute atomic E-state index is 0.343. The summed E-state index contributed by atoms with van der Waals surface area (Å²) in [7, 11) is 1.70. The van der Waals surface area contributed by atoms with E-state index in [9.17, 15) is 0 Å². The van der Waals surface area contributed by atoms with E-state index < -0.39 is 0 Å². The number of ether oxygens (including phenoxy) is 2. The first-order valence-corrected chi connectivity index (χ1v) is 8.20. The van der Waals surface area contributed by atoms with Crippen LogP contribution in [0.15, 0.2) is 22.7 Å². The highest BCUT2D eigenvalue weighted by Gasteiger charge is 2.26. The quantitative estimate of drug-likeness (QED) is 0.850. The van der Waals surface area contributed by atoms with E-state index in [1.54, 1.807) is 7.11 Å². The van der Waals surface area contributed by atoms with E-state index in [0.717, 1.165) is 42.8 Å². The van der Waals surface area contributed by atoms with Gasteiger partial charge in [-0.3, -0.25) is 0 Å². The zero-order valence-electron chi connectivity index (χ0n) is 12.3. The van der Waals surface area contributed by atoms with E-state index in [1.165, 1.54) is 12.0 Å². The van der Waals surface area contributed by atoms with Crippen LogP contribution in [0.4, 0.5) is 0 Å². The maximum atomic E-state index is 5.67. The molecule has 1 N–H and O–H groups in total. The third-order valence-corrected chi connectivity index (χ3v) is 4.51. The summed E-state index contributed by atoms with van der Waals surface area (Å²) in [6, 6.07) is 6.57. The zero-order valence-corrected chi connectivity index (χ0v) is 13.9. The van der Waals surface area contributed by atoms with Gasteiger partial charge in [-0.1, -0.05) is 28.9 Å². The van der Waals surface area contributed by atoms with Gasteiger partial charge in [0.15, 0.2) is 0 Å². The molecule has 0 aliphatic carbocycles. The van der Waals surface area contributed by atoms with Crippen LogP contribution >= 0.6 is 15.9 Å². The van der Waals surface area contributed by atoms with Crippen LogP contribution in [0.1, 0.15) is 37.8 Å². The lowest BCUT2D eigenvalue weighted by molar-refractivity contribution is 0.0389. The molecule has 0 saturated carbocycles. The molecule has 0 amide bonds. The predicted molar refractivity (Wildman–Crippen MR) is 85.3 cm³/mol. The van der Waals surface area contributed by atoms with E-state index >= 15 is 0 Å². The van der Waals surface area contributed by atoms with Gasteiger partial charge in [0.2, 0.25) is 0 Å². The molecule has 0 bridgehead atoms. The summed E-state index contributed by atoms with van der Waals surface area (Å²) in [6.07, 6.45) is 3.51. The summed E-state index contributed by atoms with van der Waals surface area (Å²) in [4.78, 5) is 0. The van der Waals surface area contributed by atoms with Gasteiger partial charge in [0.25, 0.3) is 0 Å². The van der Waals surface area contributed by atoms with E-state index in [4.69, 9.17) is 9.47 Å². The first-order chi connectivity index (χ1) is 9.76. The molecule has 1 fully saturated rings. The highest BCUT2D eigenvalue weighted by atomic mass is 79.9. The zero-order chi connectivity index (χ0) is 14.4. The van der Waals surface area contributed by atoms with Crippen molar-refractivity contribution < 1.29 is 9.47 Å². The molecule has 1 aromatic carbocycles. The summed E-state index contributed by atoms with van der Waals surface area (Å²) in [5.74, 6) is 1.43. The molecule has 2 unspecified atom stereocenters. The van der Waals surface area contributed by atoms with Crippen molar-refractivity contribution in [3.63, 3.8) is 0 Å². The Hall–Kier alpha value is -0.580. The lowest BCUT2D eigenvalue weighted by Gasteiger charge is -2.32. The van der Waals surface area contributed by atoms with E-state index in [2.05, 4.69) is 34.2 Å². The monoisotopic (exact) mass is 341 g/mol. The second-order valence-corrected chi connectivity index (χ2v) is 6.15. The lowest BCUT2D eigenvalue weighted by Crippen LogP contribution is -2.34. The molecule has 112 valence electrons. The van der Waals surface area contributed by atoms with Crippen LogP contribution < -0.4 is 10.1 Å². The number of hydrogen-bond acceptors (Lipinski definition) is 3. The minimum Gasteiger partial charge on any atom is -0.497 e. The number of hydrogen-bond donors (Lipinski definition) is 1. The van der Waals surface area contributed by atoms with Crippen LogP contribution in [0.2, 0.25) is 0 Å². The highest BCUT2D eigenvalue weighted by molar-refractivity contribution is 9.10. The molecule has 20 heavy (non-hydrogen) atoms. The number of halogens is 1. The molecular weight excluding hydrogens is 318 g/mol. The Morgan fingerprint density at radius 2 is 2.35 bits per heavy atom. The van der Waals surface area contributed by atoms with Crippen molar-refractivity contribution >= 4 is 15.9 Å². The van der Waals surface area contributed by atoms with Crippen LogP contribution in [0.25, 0.3) is 0 Å². The highest BCUT2D eigenvalue weighted by Crippen LogP contribution is 2.34. The molecule has 2 atom stereocenters. The van der Waals surface area contributed by atoms with E-state index in [-0.39, 0.29) is 0 Å². The Bertz CT molecular complexity index is 419. The standard InChI is InChI=1S/C16H24BrNO2/c1-3-8-18-16(12-5-4-9-20-11-12)14-7-6-13(19-2)10-15(14)17/h6-7,10,12,16,18H,3-5,8-9,11H2,1-2H3. The van der Waals surface area contributed by atoms with Crippen molar-refractivity contribution in [1.82, 2.24) is 5.32 Å². The summed E-state index contributed by atoms with van der Waals surface area (Å²) in [6.45, 7) is 4.98. The van der Waals surface area contributed by atoms with Crippen LogP contribution in [0.5, 0.6) is 5.75 Å². The Kier molecular flexibility index (Phi) is 6.33. The summed E-state index contributed by atoms with van der Waals surface area (Å²) in [5, 5.41) is 3.68. The van der Waals surface area contributed by atoms with Gasteiger partial charge in [0, 0.05) is 23.0 Å². The van der Waals surface area contributed by atoms with Crippen molar-refractivity contribution in [3.8, 4) is 5.75 Å². The number of rotatable bonds is 6. The fraction of sp³-hybridized carbons (Fsp3) is 0.625. The largest absolute Gasteiger partial charge is 0.497 e. The molecule has 1 heterocycles. The van der Waals surface area contributed by atoms with Crippen molar-refractivity contribution in [2.45, 2.75) is 32.2 Å². The van der Waals surface area contributed by atoms with E-state index in [0.29, 0.717) is 12.0 Å². The van der Waals surface area contributed by atoms with Crippen LogP contribution in [0, 0.1) is 5.92 Å². The van der Waals surface area contributed by atoms with Gasteiger partial charge in [-0.05, 0) is 43.5 Å². The van der Waals surface area contributed by atoms with Crippen molar-refractivity contribution in [3.05, 3.63) is 28.2 Å². The second-order valence-electron chi connectivity index (χ2n) is 5.30. The van der Waals surface area contributed by atoms with Crippen molar-refractivity contribution in [2.75, 3.05) is 26.9 Å². The average molecular weight is 342 g/mol. The molecule has 3 nitrogen and oxygen atoms in total. The SMILES string of the molecule is CCCNC(c1ccc(OC)cc1Br)C1CCCOC1. The number of methoxy groups -OCH3 is 1. The van der Waals surface area contributed by atoms with Crippen molar-refractivity contribution in [1.29, 1.82) is 0 Å². The fourth-order valence-electron chi connectivity index (χ4n) is 2.75. The van der Waals surface area contributed by atoms with Gasteiger partial charge in [-0.2, -0.15) is 0 Å². The maximum absolute atomic E-state index is 5.67. The van der Waals surface area contributed by atoms with E-state index in [1.807, 2.05) is 12.1 Å². The topological polar surface area (TPSA) is 30.5 Å². The predicted octanol–water partition coefficient (Wildman–Crippen LogP) is 3.93. The van der Waals surface area contributed by atoms with Gasteiger partial charge in [0.1, 0.15) is 5.75 Å². The van der Waals surface area contributed by atoms with Gasteiger partial charge in [-0.15, -0.1) is 0 Å². The third-order valence-electron chi connectivity index (χ3n) is 3.82. The fourth-order valence-corrected chi connectivity index (χ4v) is 3.35. The maximum Gasteiger partial charge on any atom is 0.120 e. The average Bonchev–Trinajstić information content (AvgIpc) is 2.50. The van der Waals surface area contributed by atoms with Crippen LogP contribution in [-0.2, 0) is 4.74 Å². The Labute approximate surface area is 130 Å². The molecule has 1 aromatic rings. The molecule has 1 aliphatic rings. The molecule has 1 saturated heterocycles. The second kappa shape index (κ2) is 8.01. The molecule has 0 aromatic heterocycles. The summed E-state index contributed by atoms with van der Waals surface area (Å²) < 4.78 is 12.1. The molecule has 0 radical (unpaired) electrons. The Morgan fingerprint density at radius 1 is 1.50 bits per heavy atom. The number of nitrogens with one attached hydrogen (secondary N) is 1. The van der Waals surface area contributed by atoms with Gasteiger partial charge in [-0.25, -0.2) is 0 Å². The molecule has 4 heteroatoms.